The van der Waals surface area contributed by atoms with Gasteiger partial charge in [-0.15, -0.1) is 11.3 Å². The fraction of sp³-hybridized carbons (Fsp3) is 0.538. The van der Waals surface area contributed by atoms with E-state index in [2.05, 4.69) is 29.3 Å². The molecule has 0 bridgehead atoms. The van der Waals surface area contributed by atoms with Gasteiger partial charge < -0.3 is 0 Å². The van der Waals surface area contributed by atoms with Gasteiger partial charge in [0.1, 0.15) is 0 Å². The van der Waals surface area contributed by atoms with Crippen molar-refractivity contribution in [2.24, 2.45) is 0 Å². The summed E-state index contributed by atoms with van der Waals surface area (Å²) >= 11 is 1.75. The summed E-state index contributed by atoms with van der Waals surface area (Å²) in [4.78, 5) is 28.4. The van der Waals surface area contributed by atoms with Gasteiger partial charge >= 0.3 is 0 Å². The monoisotopic (exact) mass is 264 g/mol. The molecule has 0 N–H and O–H groups in total. The minimum absolute atomic E-state index is 0.00780. The Bertz CT molecular complexity index is 449. The van der Waals surface area contributed by atoms with Crippen molar-refractivity contribution in [3.63, 3.8) is 0 Å². The molecule has 2 saturated heterocycles. The maximum atomic E-state index is 11.6. The highest BCUT2D eigenvalue weighted by Crippen LogP contribution is 2.31. The van der Waals surface area contributed by atoms with Crippen molar-refractivity contribution in [3.8, 4) is 0 Å². The topological polar surface area (TPSA) is 40.6 Å². The summed E-state index contributed by atoms with van der Waals surface area (Å²) in [6.07, 6.45) is 0.797. The van der Waals surface area contributed by atoms with Crippen LogP contribution in [-0.2, 0) is 9.59 Å². The van der Waals surface area contributed by atoms with Crippen LogP contribution in [0.2, 0.25) is 0 Å². The zero-order chi connectivity index (χ0) is 12.7. The van der Waals surface area contributed by atoms with E-state index in [1.165, 1.54) is 9.78 Å². The average molecular weight is 264 g/mol. The van der Waals surface area contributed by atoms with E-state index < -0.39 is 0 Å². The Hall–Kier alpha value is -1.20. The van der Waals surface area contributed by atoms with Crippen LogP contribution in [0.25, 0.3) is 0 Å². The van der Waals surface area contributed by atoms with Gasteiger partial charge in [-0.25, -0.2) is 0 Å². The molecule has 3 heterocycles. The average Bonchev–Trinajstić information content (AvgIpc) is 2.90. The summed E-state index contributed by atoms with van der Waals surface area (Å²) in [6.45, 7) is 3.81. The highest BCUT2D eigenvalue weighted by Gasteiger charge is 2.42. The zero-order valence-electron chi connectivity index (χ0n) is 10.3. The second kappa shape index (κ2) is 4.48. The fourth-order valence-electron chi connectivity index (χ4n) is 2.68. The molecule has 1 atom stereocenters. The van der Waals surface area contributed by atoms with E-state index in [4.69, 9.17) is 0 Å². The number of likely N-dealkylation sites (tertiary alicyclic amines) is 2. The van der Waals surface area contributed by atoms with Crippen LogP contribution in [0.5, 0.6) is 0 Å². The molecule has 1 unspecified atom stereocenters. The maximum absolute atomic E-state index is 11.6. The predicted molar refractivity (Wildman–Crippen MR) is 69.2 cm³/mol. The number of carbonyl (C=O) groups excluding carboxylic acids is 2. The molecule has 0 aromatic carbocycles. The first-order valence-electron chi connectivity index (χ1n) is 6.29. The van der Waals surface area contributed by atoms with E-state index in [1.807, 2.05) is 0 Å². The lowest BCUT2D eigenvalue weighted by atomic mass is 10.0. The standard InChI is InChI=1S/C13H16N2O2S/c1-9(11-3-2-6-18-11)14-7-10(8-14)15-12(16)4-5-13(15)17/h2-3,6,9-10H,4-5,7-8H2,1H3. The van der Waals surface area contributed by atoms with Crippen LogP contribution in [0.3, 0.4) is 0 Å². The minimum Gasteiger partial charge on any atom is -0.292 e. The van der Waals surface area contributed by atoms with Crippen molar-refractivity contribution < 1.29 is 9.59 Å². The van der Waals surface area contributed by atoms with Gasteiger partial charge in [0.15, 0.2) is 0 Å². The van der Waals surface area contributed by atoms with Crippen LogP contribution in [0.4, 0.5) is 0 Å². The maximum Gasteiger partial charge on any atom is 0.230 e. The Morgan fingerprint density at radius 2 is 1.94 bits per heavy atom. The molecule has 0 aliphatic carbocycles. The van der Waals surface area contributed by atoms with Crippen molar-refractivity contribution in [1.82, 2.24) is 9.80 Å². The summed E-state index contributed by atoms with van der Waals surface area (Å²) in [6, 6.07) is 4.68. The normalized spacial score (nSPS) is 23.5. The van der Waals surface area contributed by atoms with Crippen LogP contribution in [0.1, 0.15) is 30.7 Å². The van der Waals surface area contributed by atoms with Crippen molar-refractivity contribution in [2.45, 2.75) is 31.8 Å². The van der Waals surface area contributed by atoms with Gasteiger partial charge in [0.25, 0.3) is 0 Å². The van der Waals surface area contributed by atoms with E-state index in [0.29, 0.717) is 18.9 Å². The molecule has 0 spiro atoms. The quantitative estimate of drug-likeness (QED) is 0.779. The van der Waals surface area contributed by atoms with Gasteiger partial charge in [0.05, 0.1) is 6.04 Å². The number of amides is 2. The van der Waals surface area contributed by atoms with Crippen LogP contribution in [0, 0.1) is 0 Å². The number of carbonyl (C=O) groups is 2. The number of hydrogen-bond acceptors (Lipinski definition) is 4. The first-order valence-corrected chi connectivity index (χ1v) is 7.17. The van der Waals surface area contributed by atoms with Gasteiger partial charge in [-0.1, -0.05) is 6.07 Å². The third-order valence-electron chi connectivity index (χ3n) is 3.85. The second-order valence-corrected chi connectivity index (χ2v) is 5.94. The molecule has 2 amide bonds. The third-order valence-corrected chi connectivity index (χ3v) is 4.89. The molecule has 5 heteroatoms. The Balaban J connectivity index is 1.60. The Morgan fingerprint density at radius 3 is 2.50 bits per heavy atom. The van der Waals surface area contributed by atoms with E-state index in [9.17, 15) is 9.59 Å². The van der Waals surface area contributed by atoms with E-state index in [0.717, 1.165) is 13.1 Å². The molecule has 1 aromatic heterocycles. The first kappa shape index (κ1) is 11.9. The number of imide groups is 1. The van der Waals surface area contributed by atoms with E-state index in [1.54, 1.807) is 11.3 Å². The lowest BCUT2D eigenvalue weighted by Crippen LogP contribution is -2.60. The highest BCUT2D eigenvalue weighted by atomic mass is 32.1. The first-order chi connectivity index (χ1) is 8.66. The van der Waals surface area contributed by atoms with Crippen LogP contribution >= 0.6 is 11.3 Å². The highest BCUT2D eigenvalue weighted by molar-refractivity contribution is 7.10. The molecular formula is C13H16N2O2S. The molecule has 2 aliphatic heterocycles. The van der Waals surface area contributed by atoms with Gasteiger partial charge in [-0.3, -0.25) is 19.4 Å². The van der Waals surface area contributed by atoms with E-state index >= 15 is 0 Å². The molecule has 1 aromatic rings. The molecular weight excluding hydrogens is 248 g/mol. The molecule has 2 fully saturated rings. The molecule has 0 saturated carbocycles. The van der Waals surface area contributed by atoms with Crippen molar-refractivity contribution in [2.75, 3.05) is 13.1 Å². The molecule has 18 heavy (non-hydrogen) atoms. The third kappa shape index (κ3) is 1.87. The van der Waals surface area contributed by atoms with Gasteiger partial charge in [-0.05, 0) is 18.4 Å². The lowest BCUT2D eigenvalue weighted by Gasteiger charge is -2.45. The van der Waals surface area contributed by atoms with Crippen molar-refractivity contribution in [1.29, 1.82) is 0 Å². The van der Waals surface area contributed by atoms with Crippen LogP contribution in [0.15, 0.2) is 17.5 Å². The summed E-state index contributed by atoms with van der Waals surface area (Å²) in [5, 5.41) is 2.08. The molecule has 3 rings (SSSR count). The minimum atomic E-state index is 0.00780. The molecule has 4 nitrogen and oxygen atoms in total. The molecule has 2 aliphatic rings. The largest absolute Gasteiger partial charge is 0.292 e. The summed E-state index contributed by atoms with van der Waals surface area (Å²) < 4.78 is 0. The zero-order valence-corrected chi connectivity index (χ0v) is 11.2. The number of rotatable bonds is 3. The number of thiophene rings is 1. The second-order valence-electron chi connectivity index (χ2n) is 4.96. The van der Waals surface area contributed by atoms with Crippen molar-refractivity contribution in [3.05, 3.63) is 22.4 Å². The fourth-order valence-corrected chi connectivity index (χ4v) is 3.49. The molecule has 0 radical (unpaired) electrons. The van der Waals surface area contributed by atoms with Crippen LogP contribution < -0.4 is 0 Å². The summed E-state index contributed by atoms with van der Waals surface area (Å²) in [5.74, 6) is 0.0156. The van der Waals surface area contributed by atoms with Gasteiger partial charge in [0, 0.05) is 36.9 Å². The van der Waals surface area contributed by atoms with Crippen LogP contribution in [-0.4, -0.2) is 40.7 Å². The SMILES string of the molecule is CC(c1cccs1)N1CC(N2C(=O)CCC2=O)C1. The van der Waals surface area contributed by atoms with Gasteiger partial charge in [-0.2, -0.15) is 0 Å². The summed E-state index contributed by atoms with van der Waals surface area (Å²) in [7, 11) is 0. The van der Waals surface area contributed by atoms with Crippen molar-refractivity contribution >= 4 is 23.2 Å². The number of hydrogen-bond donors (Lipinski definition) is 0. The predicted octanol–water partition coefficient (Wildman–Crippen LogP) is 1.64. The van der Waals surface area contributed by atoms with E-state index in [-0.39, 0.29) is 17.9 Å². The number of nitrogens with zero attached hydrogens (tertiary/aromatic N) is 2. The smallest absolute Gasteiger partial charge is 0.230 e. The lowest BCUT2D eigenvalue weighted by molar-refractivity contribution is -0.145. The van der Waals surface area contributed by atoms with Gasteiger partial charge in [0.2, 0.25) is 11.8 Å². The Morgan fingerprint density at radius 1 is 1.28 bits per heavy atom. The Kier molecular flexibility index (Phi) is 2.95. The molecule has 96 valence electrons. The summed E-state index contributed by atoms with van der Waals surface area (Å²) in [5.41, 5.74) is 0. The Labute approximate surface area is 110 Å².